The zero-order valence-electron chi connectivity index (χ0n) is 14.3. The lowest BCUT2D eigenvalue weighted by Crippen LogP contribution is -2.12. The van der Waals surface area contributed by atoms with Crippen LogP contribution in [-0.2, 0) is 17.5 Å². The van der Waals surface area contributed by atoms with Crippen LogP contribution in [0.3, 0.4) is 0 Å². The Morgan fingerprint density at radius 2 is 1.85 bits per heavy atom. The third-order valence-corrected chi connectivity index (χ3v) is 4.27. The smallest absolute Gasteiger partial charge is 0.417 e. The molecule has 0 aliphatic rings. The third kappa shape index (κ3) is 3.14. The van der Waals surface area contributed by atoms with E-state index >= 15 is 0 Å². The lowest BCUT2D eigenvalue weighted by atomic mass is 10.0. The summed E-state index contributed by atoms with van der Waals surface area (Å²) in [5.74, 6) is -1.21. The van der Waals surface area contributed by atoms with E-state index in [9.17, 15) is 18.0 Å². The Labute approximate surface area is 147 Å². The first kappa shape index (κ1) is 17.9. The summed E-state index contributed by atoms with van der Waals surface area (Å²) in [4.78, 5) is 15.3. The van der Waals surface area contributed by atoms with Crippen molar-refractivity contribution in [3.63, 3.8) is 0 Å². The van der Waals surface area contributed by atoms with Gasteiger partial charge in [-0.15, -0.1) is 0 Å². The molecule has 3 aromatic rings. The van der Waals surface area contributed by atoms with Gasteiger partial charge in [0.1, 0.15) is 6.54 Å². The highest BCUT2D eigenvalue weighted by atomic mass is 19.4. The van der Waals surface area contributed by atoms with Crippen molar-refractivity contribution < 1.29 is 23.1 Å². The largest absolute Gasteiger partial charge is 0.480 e. The highest BCUT2D eigenvalue weighted by Gasteiger charge is 2.35. The van der Waals surface area contributed by atoms with Crippen LogP contribution in [0.1, 0.15) is 22.4 Å². The standard InChI is InChI=1S/C18H16F3N3O2/c1-9-4-5-12(6-10(9)2)14-7-13(18(19,20)21)16-11(3)23-24(8-15(25)26)17(16)22-14/h4-7H,8H2,1-3H3,(H,25,26). The number of carbonyl (C=O) groups is 1. The molecule has 1 N–H and O–H groups in total. The first-order valence-electron chi connectivity index (χ1n) is 7.82. The molecule has 0 unspecified atom stereocenters. The Hall–Kier alpha value is -2.90. The number of hydrogen-bond donors (Lipinski definition) is 1. The molecule has 0 saturated carbocycles. The van der Waals surface area contributed by atoms with Gasteiger partial charge >= 0.3 is 12.1 Å². The molecule has 3 rings (SSSR count). The Morgan fingerprint density at radius 3 is 2.42 bits per heavy atom. The monoisotopic (exact) mass is 363 g/mol. The fraction of sp³-hybridized carbons (Fsp3) is 0.278. The van der Waals surface area contributed by atoms with Crippen LogP contribution in [0, 0.1) is 20.8 Å². The molecule has 0 radical (unpaired) electrons. The van der Waals surface area contributed by atoms with Crippen LogP contribution in [0.25, 0.3) is 22.3 Å². The van der Waals surface area contributed by atoms with Crippen LogP contribution in [0.15, 0.2) is 24.3 Å². The molecule has 0 aliphatic heterocycles. The molecule has 2 aromatic heterocycles. The number of carboxylic acid groups (broad SMARTS) is 1. The number of pyridine rings is 1. The van der Waals surface area contributed by atoms with Crippen LogP contribution in [0.5, 0.6) is 0 Å². The summed E-state index contributed by atoms with van der Waals surface area (Å²) in [5, 5.41) is 12.8. The average Bonchev–Trinajstić information content (AvgIpc) is 2.83. The van der Waals surface area contributed by atoms with Crippen molar-refractivity contribution in [3.8, 4) is 11.3 Å². The van der Waals surface area contributed by atoms with E-state index in [1.807, 2.05) is 19.9 Å². The van der Waals surface area contributed by atoms with Gasteiger partial charge in [-0.25, -0.2) is 9.67 Å². The van der Waals surface area contributed by atoms with E-state index in [0.717, 1.165) is 21.9 Å². The predicted octanol–water partition coefficient (Wildman–Crippen LogP) is 4.13. The summed E-state index contributed by atoms with van der Waals surface area (Å²) in [7, 11) is 0. The molecule has 0 bridgehead atoms. The number of aromatic nitrogens is 3. The van der Waals surface area contributed by atoms with Crippen LogP contribution >= 0.6 is 0 Å². The minimum absolute atomic E-state index is 0.0899. The second-order valence-corrected chi connectivity index (χ2v) is 6.19. The molecule has 8 heteroatoms. The van der Waals surface area contributed by atoms with Gasteiger partial charge in [0, 0.05) is 5.56 Å². The van der Waals surface area contributed by atoms with Crippen LogP contribution in [-0.4, -0.2) is 25.8 Å². The number of alkyl halides is 3. The number of rotatable bonds is 3. The molecule has 0 spiro atoms. The number of aliphatic carboxylic acids is 1. The van der Waals surface area contributed by atoms with E-state index in [2.05, 4.69) is 10.1 Å². The van der Waals surface area contributed by atoms with E-state index in [1.165, 1.54) is 6.92 Å². The molecule has 0 fully saturated rings. The summed E-state index contributed by atoms with van der Waals surface area (Å²) < 4.78 is 41.9. The van der Waals surface area contributed by atoms with Gasteiger partial charge in [-0.1, -0.05) is 12.1 Å². The Bertz CT molecular complexity index is 1020. The van der Waals surface area contributed by atoms with Crippen molar-refractivity contribution >= 4 is 17.0 Å². The summed E-state index contributed by atoms with van der Waals surface area (Å²) >= 11 is 0. The third-order valence-electron chi connectivity index (χ3n) is 4.27. The highest BCUT2D eigenvalue weighted by Crippen LogP contribution is 2.38. The average molecular weight is 363 g/mol. The second kappa shape index (κ2) is 6.12. The number of aryl methyl sites for hydroxylation is 3. The van der Waals surface area contributed by atoms with Gasteiger partial charge in [-0.05, 0) is 44.0 Å². The molecular formula is C18H16F3N3O2. The molecule has 0 amide bonds. The molecular weight excluding hydrogens is 347 g/mol. The SMILES string of the molecule is Cc1ccc(-c2cc(C(F)(F)F)c3c(C)nn(CC(=O)O)c3n2)cc1C. The van der Waals surface area contributed by atoms with E-state index in [4.69, 9.17) is 5.11 Å². The number of benzene rings is 1. The van der Waals surface area contributed by atoms with Gasteiger partial charge in [-0.2, -0.15) is 18.3 Å². The molecule has 5 nitrogen and oxygen atoms in total. The molecule has 1 aromatic carbocycles. The Morgan fingerprint density at radius 1 is 1.15 bits per heavy atom. The summed E-state index contributed by atoms with van der Waals surface area (Å²) in [6.45, 7) is 4.61. The second-order valence-electron chi connectivity index (χ2n) is 6.19. The minimum atomic E-state index is -4.61. The predicted molar refractivity (Wildman–Crippen MR) is 89.8 cm³/mol. The van der Waals surface area contributed by atoms with Gasteiger partial charge in [0.15, 0.2) is 5.65 Å². The lowest BCUT2D eigenvalue weighted by Gasteiger charge is -2.12. The maximum atomic E-state index is 13.6. The van der Waals surface area contributed by atoms with Gasteiger partial charge in [0.05, 0.1) is 22.3 Å². The topological polar surface area (TPSA) is 68.0 Å². The van der Waals surface area contributed by atoms with E-state index < -0.39 is 24.3 Å². The van der Waals surface area contributed by atoms with Crippen molar-refractivity contribution in [2.24, 2.45) is 0 Å². The van der Waals surface area contributed by atoms with Crippen LogP contribution < -0.4 is 0 Å². The number of fused-ring (bicyclic) bond motifs is 1. The maximum Gasteiger partial charge on any atom is 0.417 e. The number of halogens is 3. The van der Waals surface area contributed by atoms with Crippen LogP contribution in [0.2, 0.25) is 0 Å². The van der Waals surface area contributed by atoms with Crippen molar-refractivity contribution in [2.45, 2.75) is 33.5 Å². The highest BCUT2D eigenvalue weighted by molar-refractivity contribution is 5.86. The van der Waals surface area contributed by atoms with Gasteiger partial charge in [0.25, 0.3) is 0 Å². The van der Waals surface area contributed by atoms with Crippen molar-refractivity contribution in [2.75, 3.05) is 0 Å². The zero-order valence-corrected chi connectivity index (χ0v) is 14.3. The van der Waals surface area contributed by atoms with E-state index in [-0.39, 0.29) is 22.4 Å². The fourth-order valence-electron chi connectivity index (χ4n) is 2.86. The van der Waals surface area contributed by atoms with Crippen molar-refractivity contribution in [1.29, 1.82) is 0 Å². The Kier molecular flexibility index (Phi) is 4.21. The summed E-state index contributed by atoms with van der Waals surface area (Å²) in [5.41, 5.74) is 1.72. The molecule has 0 saturated heterocycles. The maximum absolute atomic E-state index is 13.6. The Balaban J connectivity index is 2.34. The van der Waals surface area contributed by atoms with E-state index in [0.29, 0.717) is 5.56 Å². The van der Waals surface area contributed by atoms with E-state index in [1.54, 1.807) is 12.1 Å². The van der Waals surface area contributed by atoms with Crippen molar-refractivity contribution in [1.82, 2.24) is 14.8 Å². The molecule has 0 atom stereocenters. The molecule has 0 aliphatic carbocycles. The first-order chi connectivity index (χ1) is 12.1. The first-order valence-corrected chi connectivity index (χ1v) is 7.82. The summed E-state index contributed by atoms with van der Waals surface area (Å²) in [6.07, 6.45) is -4.61. The molecule has 26 heavy (non-hydrogen) atoms. The zero-order chi connectivity index (χ0) is 19.2. The lowest BCUT2D eigenvalue weighted by molar-refractivity contribution is -0.138. The normalized spacial score (nSPS) is 11.9. The number of hydrogen-bond acceptors (Lipinski definition) is 3. The minimum Gasteiger partial charge on any atom is -0.480 e. The molecule has 136 valence electrons. The number of carboxylic acids is 1. The summed E-state index contributed by atoms with van der Waals surface area (Å²) in [6, 6.07) is 6.26. The van der Waals surface area contributed by atoms with Crippen molar-refractivity contribution in [3.05, 3.63) is 46.6 Å². The molecule has 2 heterocycles. The number of nitrogens with zero attached hydrogens (tertiary/aromatic N) is 3. The van der Waals surface area contributed by atoms with Crippen LogP contribution in [0.4, 0.5) is 13.2 Å². The van der Waals surface area contributed by atoms with Gasteiger partial charge in [-0.3, -0.25) is 4.79 Å². The fourth-order valence-corrected chi connectivity index (χ4v) is 2.86. The quantitative estimate of drug-likeness (QED) is 0.760. The van der Waals surface area contributed by atoms with Gasteiger partial charge in [0.2, 0.25) is 0 Å². The van der Waals surface area contributed by atoms with Gasteiger partial charge < -0.3 is 5.11 Å².